The molecule has 0 heterocycles. The molecule has 0 aromatic heterocycles. The minimum atomic E-state index is -0.0950. The average Bonchev–Trinajstić information content (AvgIpc) is 2.56. The fraction of sp³-hybridized carbons (Fsp3) is 0.222. The second-order valence-electron chi connectivity index (χ2n) is 5.06. The van der Waals surface area contributed by atoms with Crippen LogP contribution in [0.4, 0.5) is 11.4 Å². The summed E-state index contributed by atoms with van der Waals surface area (Å²) in [5, 5.41) is 5.98. The normalized spacial score (nSPS) is 10.0. The Morgan fingerprint density at radius 1 is 1.04 bits per heavy atom. The van der Waals surface area contributed by atoms with Crippen molar-refractivity contribution in [1.82, 2.24) is 0 Å². The standard InChI is InChI=1S/C18H20N2O3/c1-13(21)14-7-9-15(10-8-14)19-12-11-18(22)20-16-5-3-4-6-17(16)23-2/h3-10,19H,11-12H2,1-2H3,(H,20,22). The molecule has 0 aliphatic rings. The van der Waals surface area contributed by atoms with Gasteiger partial charge in [-0.15, -0.1) is 0 Å². The molecule has 0 bridgehead atoms. The number of para-hydroxylation sites is 2. The molecule has 0 radical (unpaired) electrons. The first-order valence-corrected chi connectivity index (χ1v) is 7.38. The van der Waals surface area contributed by atoms with Gasteiger partial charge in [0.05, 0.1) is 12.8 Å². The lowest BCUT2D eigenvalue weighted by molar-refractivity contribution is -0.116. The van der Waals surface area contributed by atoms with Crippen LogP contribution in [0.3, 0.4) is 0 Å². The molecule has 2 aromatic rings. The fourth-order valence-electron chi connectivity index (χ4n) is 2.10. The maximum absolute atomic E-state index is 12.0. The van der Waals surface area contributed by atoms with Crippen molar-refractivity contribution in [3.8, 4) is 5.75 Å². The van der Waals surface area contributed by atoms with Gasteiger partial charge in [-0.3, -0.25) is 9.59 Å². The van der Waals surface area contributed by atoms with Crippen molar-refractivity contribution in [2.75, 3.05) is 24.3 Å². The van der Waals surface area contributed by atoms with E-state index in [1.165, 1.54) is 6.92 Å². The summed E-state index contributed by atoms with van der Waals surface area (Å²) < 4.78 is 5.19. The molecule has 2 N–H and O–H groups in total. The number of anilines is 2. The van der Waals surface area contributed by atoms with E-state index in [-0.39, 0.29) is 11.7 Å². The zero-order valence-electron chi connectivity index (χ0n) is 13.3. The summed E-state index contributed by atoms with van der Waals surface area (Å²) in [5.74, 6) is 0.573. The Morgan fingerprint density at radius 2 is 1.74 bits per heavy atom. The smallest absolute Gasteiger partial charge is 0.226 e. The number of nitrogens with one attached hydrogen (secondary N) is 2. The minimum absolute atomic E-state index is 0.0349. The van der Waals surface area contributed by atoms with E-state index >= 15 is 0 Å². The first-order valence-electron chi connectivity index (χ1n) is 7.38. The molecule has 0 unspecified atom stereocenters. The zero-order valence-corrected chi connectivity index (χ0v) is 13.3. The minimum Gasteiger partial charge on any atom is -0.495 e. The molecule has 2 rings (SSSR count). The summed E-state index contributed by atoms with van der Waals surface area (Å²) >= 11 is 0. The number of methoxy groups -OCH3 is 1. The SMILES string of the molecule is COc1ccccc1NC(=O)CCNc1ccc(C(C)=O)cc1. The summed E-state index contributed by atoms with van der Waals surface area (Å²) in [5.41, 5.74) is 2.20. The van der Waals surface area contributed by atoms with Crippen LogP contribution in [0.15, 0.2) is 48.5 Å². The third-order valence-corrected chi connectivity index (χ3v) is 3.35. The van der Waals surface area contributed by atoms with E-state index in [2.05, 4.69) is 10.6 Å². The predicted octanol–water partition coefficient (Wildman–Crippen LogP) is 3.34. The number of benzene rings is 2. The van der Waals surface area contributed by atoms with Gasteiger partial charge < -0.3 is 15.4 Å². The van der Waals surface area contributed by atoms with Gasteiger partial charge in [0.2, 0.25) is 5.91 Å². The molecule has 5 nitrogen and oxygen atoms in total. The number of carbonyl (C=O) groups excluding carboxylic acids is 2. The number of carbonyl (C=O) groups is 2. The van der Waals surface area contributed by atoms with Crippen LogP contribution in [0.1, 0.15) is 23.7 Å². The molecule has 1 amide bonds. The molecule has 0 atom stereocenters. The van der Waals surface area contributed by atoms with Gasteiger partial charge in [-0.1, -0.05) is 12.1 Å². The molecule has 120 valence electrons. The molecule has 5 heteroatoms. The summed E-state index contributed by atoms with van der Waals surface area (Å²) in [7, 11) is 1.57. The number of hydrogen-bond acceptors (Lipinski definition) is 4. The van der Waals surface area contributed by atoms with E-state index < -0.39 is 0 Å². The summed E-state index contributed by atoms with van der Waals surface area (Å²) in [6.07, 6.45) is 0.326. The molecule has 0 saturated heterocycles. The number of amides is 1. The predicted molar refractivity (Wildman–Crippen MR) is 91.2 cm³/mol. The highest BCUT2D eigenvalue weighted by Crippen LogP contribution is 2.23. The van der Waals surface area contributed by atoms with E-state index in [1.807, 2.05) is 24.3 Å². The lowest BCUT2D eigenvalue weighted by Gasteiger charge is -2.10. The Labute approximate surface area is 135 Å². The maximum atomic E-state index is 12.0. The van der Waals surface area contributed by atoms with Gasteiger partial charge in [0.15, 0.2) is 5.78 Å². The Morgan fingerprint density at radius 3 is 2.39 bits per heavy atom. The third-order valence-electron chi connectivity index (χ3n) is 3.35. The van der Waals surface area contributed by atoms with Crippen molar-refractivity contribution >= 4 is 23.1 Å². The Kier molecular flexibility index (Phi) is 5.74. The quantitative estimate of drug-likeness (QED) is 0.770. The number of ether oxygens (including phenoxy) is 1. The highest BCUT2D eigenvalue weighted by atomic mass is 16.5. The highest BCUT2D eigenvalue weighted by Gasteiger charge is 2.06. The second-order valence-corrected chi connectivity index (χ2v) is 5.06. The number of rotatable bonds is 7. The molecule has 23 heavy (non-hydrogen) atoms. The molecule has 0 aliphatic carbocycles. The van der Waals surface area contributed by atoms with E-state index in [0.717, 1.165) is 5.69 Å². The Balaban J connectivity index is 1.81. The van der Waals surface area contributed by atoms with Crippen LogP contribution >= 0.6 is 0 Å². The van der Waals surface area contributed by atoms with E-state index in [0.29, 0.717) is 30.0 Å². The van der Waals surface area contributed by atoms with Gasteiger partial charge in [-0.25, -0.2) is 0 Å². The van der Waals surface area contributed by atoms with Crippen molar-refractivity contribution in [2.45, 2.75) is 13.3 Å². The number of ketones is 1. The van der Waals surface area contributed by atoms with Gasteiger partial charge in [0.1, 0.15) is 5.75 Å². The molecule has 0 spiro atoms. The molecule has 0 fully saturated rings. The molecular weight excluding hydrogens is 292 g/mol. The first-order chi connectivity index (χ1) is 11.1. The highest BCUT2D eigenvalue weighted by molar-refractivity contribution is 5.94. The monoisotopic (exact) mass is 312 g/mol. The van der Waals surface area contributed by atoms with Crippen molar-refractivity contribution in [2.24, 2.45) is 0 Å². The number of hydrogen-bond donors (Lipinski definition) is 2. The number of Topliss-reactive ketones (excluding diaryl/α,β-unsaturated/α-hetero) is 1. The van der Waals surface area contributed by atoms with Crippen LogP contribution in [-0.2, 0) is 4.79 Å². The maximum Gasteiger partial charge on any atom is 0.226 e. The van der Waals surface area contributed by atoms with Crippen molar-refractivity contribution in [3.63, 3.8) is 0 Å². The lowest BCUT2D eigenvalue weighted by Crippen LogP contribution is -2.16. The van der Waals surface area contributed by atoms with Gasteiger partial charge in [-0.05, 0) is 43.3 Å². The van der Waals surface area contributed by atoms with Crippen LogP contribution in [0.5, 0.6) is 5.75 Å². The van der Waals surface area contributed by atoms with Gasteiger partial charge in [-0.2, -0.15) is 0 Å². The van der Waals surface area contributed by atoms with Gasteiger partial charge in [0.25, 0.3) is 0 Å². The van der Waals surface area contributed by atoms with Crippen LogP contribution < -0.4 is 15.4 Å². The third kappa shape index (κ3) is 4.85. The summed E-state index contributed by atoms with van der Waals surface area (Å²) in [6.45, 7) is 2.03. The van der Waals surface area contributed by atoms with Crippen LogP contribution in [0.25, 0.3) is 0 Å². The second kappa shape index (κ2) is 7.98. The lowest BCUT2D eigenvalue weighted by atomic mass is 10.1. The van der Waals surface area contributed by atoms with E-state index in [1.54, 1.807) is 31.4 Å². The largest absolute Gasteiger partial charge is 0.495 e. The molecule has 2 aromatic carbocycles. The Bertz CT molecular complexity index is 681. The average molecular weight is 312 g/mol. The molecule has 0 saturated carbocycles. The van der Waals surface area contributed by atoms with Crippen LogP contribution in [-0.4, -0.2) is 25.3 Å². The van der Waals surface area contributed by atoms with Crippen molar-refractivity contribution < 1.29 is 14.3 Å². The van der Waals surface area contributed by atoms with Gasteiger partial charge >= 0.3 is 0 Å². The Hall–Kier alpha value is -2.82. The summed E-state index contributed by atoms with van der Waals surface area (Å²) in [4.78, 5) is 23.2. The topological polar surface area (TPSA) is 67.4 Å². The van der Waals surface area contributed by atoms with Crippen LogP contribution in [0.2, 0.25) is 0 Å². The van der Waals surface area contributed by atoms with E-state index in [9.17, 15) is 9.59 Å². The van der Waals surface area contributed by atoms with Crippen molar-refractivity contribution in [3.05, 3.63) is 54.1 Å². The zero-order chi connectivity index (χ0) is 16.7. The van der Waals surface area contributed by atoms with E-state index in [4.69, 9.17) is 4.74 Å². The molecule has 0 aliphatic heterocycles. The fourth-order valence-corrected chi connectivity index (χ4v) is 2.10. The summed E-state index contributed by atoms with van der Waals surface area (Å²) in [6, 6.07) is 14.5. The van der Waals surface area contributed by atoms with Crippen molar-refractivity contribution in [1.29, 1.82) is 0 Å². The first kappa shape index (κ1) is 16.5. The van der Waals surface area contributed by atoms with Gasteiger partial charge in [0, 0.05) is 24.2 Å². The molecular formula is C18H20N2O3. The van der Waals surface area contributed by atoms with Crippen LogP contribution in [0, 0.1) is 0 Å².